The molecule has 1 aliphatic rings. The lowest BCUT2D eigenvalue weighted by Gasteiger charge is -2.41. The van der Waals surface area contributed by atoms with Crippen LogP contribution in [0.25, 0.3) is 10.9 Å². The summed E-state index contributed by atoms with van der Waals surface area (Å²) in [6.45, 7) is 1.90. The Morgan fingerprint density at radius 1 is 1.11 bits per heavy atom. The lowest BCUT2D eigenvalue weighted by molar-refractivity contribution is -0.158. The Hall–Kier alpha value is -3.93. The molecule has 37 heavy (non-hydrogen) atoms. The van der Waals surface area contributed by atoms with Crippen molar-refractivity contribution in [3.8, 4) is 0 Å². The van der Waals surface area contributed by atoms with Crippen molar-refractivity contribution >= 4 is 34.4 Å². The molecule has 2 aromatic carbocycles. The van der Waals surface area contributed by atoms with Crippen molar-refractivity contribution in [2.24, 2.45) is 5.73 Å². The maximum Gasteiger partial charge on any atom is 0.319 e. The van der Waals surface area contributed by atoms with E-state index < -0.39 is 60.6 Å². The van der Waals surface area contributed by atoms with Crippen molar-refractivity contribution in [2.75, 3.05) is 5.32 Å². The number of aromatic nitrogens is 1. The van der Waals surface area contributed by atoms with Crippen molar-refractivity contribution in [3.63, 3.8) is 0 Å². The Kier molecular flexibility index (Phi) is 7.48. The molecule has 3 aromatic rings. The van der Waals surface area contributed by atoms with Crippen LogP contribution in [-0.2, 0) is 16.0 Å². The van der Waals surface area contributed by atoms with E-state index >= 15 is 0 Å². The quantitative estimate of drug-likeness (QED) is 0.228. The van der Waals surface area contributed by atoms with Gasteiger partial charge in [0.15, 0.2) is 0 Å². The van der Waals surface area contributed by atoms with Gasteiger partial charge in [-0.1, -0.05) is 35.9 Å². The number of nitrogens with one attached hydrogen (secondary N) is 4. The van der Waals surface area contributed by atoms with Crippen molar-refractivity contribution in [3.05, 3.63) is 65.9 Å². The second-order valence-electron chi connectivity index (χ2n) is 9.56. The minimum absolute atomic E-state index is 0.0764. The summed E-state index contributed by atoms with van der Waals surface area (Å²) in [5.41, 5.74) is 6.48. The first-order valence-electron chi connectivity index (χ1n) is 11.9. The summed E-state index contributed by atoms with van der Waals surface area (Å²) >= 11 is 0. The fourth-order valence-electron chi connectivity index (χ4n) is 4.63. The smallest absolute Gasteiger partial charge is 0.319 e. The average Bonchev–Trinajstić information content (AvgIpc) is 3.26. The van der Waals surface area contributed by atoms with Gasteiger partial charge in [0.25, 0.3) is 5.91 Å². The second kappa shape index (κ2) is 10.6. The third kappa shape index (κ3) is 5.91. The molecule has 11 heteroatoms. The highest BCUT2D eigenvalue weighted by Crippen LogP contribution is 2.30. The molecule has 5 atom stereocenters. The molecule has 11 nitrogen and oxygen atoms in total. The van der Waals surface area contributed by atoms with E-state index in [4.69, 9.17) is 5.73 Å². The van der Waals surface area contributed by atoms with Gasteiger partial charge in [-0.2, -0.15) is 0 Å². The molecule has 1 heterocycles. The summed E-state index contributed by atoms with van der Waals surface area (Å²) < 4.78 is 0. The van der Waals surface area contributed by atoms with Crippen molar-refractivity contribution in [2.45, 2.75) is 56.1 Å². The van der Waals surface area contributed by atoms with E-state index in [0.29, 0.717) is 5.69 Å². The Balaban J connectivity index is 1.44. The van der Waals surface area contributed by atoms with Crippen LogP contribution in [-0.4, -0.2) is 68.0 Å². The highest BCUT2D eigenvalue weighted by molar-refractivity contribution is 5.92. The van der Waals surface area contributed by atoms with E-state index in [9.17, 15) is 29.7 Å². The fourth-order valence-corrected chi connectivity index (χ4v) is 4.63. The molecule has 0 saturated heterocycles. The van der Waals surface area contributed by atoms with Crippen LogP contribution in [0.1, 0.15) is 24.0 Å². The molecule has 4 rings (SSSR count). The summed E-state index contributed by atoms with van der Waals surface area (Å²) in [5.74, 6) is -1.74. The predicted octanol–water partition coefficient (Wildman–Crippen LogP) is 0.426. The topological polar surface area (TPSA) is 190 Å². The number of urea groups is 1. The monoisotopic (exact) mass is 509 g/mol. The Morgan fingerprint density at radius 2 is 1.81 bits per heavy atom. The van der Waals surface area contributed by atoms with Gasteiger partial charge >= 0.3 is 6.03 Å². The number of hydrogen-bond acceptors (Lipinski definition) is 6. The number of hydrogen-bond donors (Lipinski definition) is 8. The van der Waals surface area contributed by atoms with Crippen LogP contribution in [0.15, 0.2) is 54.7 Å². The lowest BCUT2D eigenvalue weighted by Crippen LogP contribution is -2.64. The number of fused-ring (bicyclic) bond motifs is 1. The standard InChI is InChI=1S/C26H31N5O6/c1-14-6-8-16(9-7-14)29-25(36)31-20-11-26(37,12-21(32)22(20)33)24(35)30-19(23(27)34)10-15-13-28-18-5-3-2-4-17(15)18/h2-9,13,19-22,28,32-33,37H,10-12H2,1H3,(H2,27,34)(H,30,35)(H2,29,31,36)/t19-,20+,21-,22-,26+/m1/s1. The highest BCUT2D eigenvalue weighted by Gasteiger charge is 2.49. The zero-order chi connectivity index (χ0) is 26.7. The molecular formula is C26H31N5O6. The summed E-state index contributed by atoms with van der Waals surface area (Å²) in [5, 5.41) is 40.4. The maximum atomic E-state index is 13.1. The molecule has 1 aromatic heterocycles. The van der Waals surface area contributed by atoms with Crippen LogP contribution < -0.4 is 21.7 Å². The molecule has 0 spiro atoms. The van der Waals surface area contributed by atoms with E-state index in [1.54, 1.807) is 18.3 Å². The van der Waals surface area contributed by atoms with Crippen LogP contribution in [0.5, 0.6) is 0 Å². The number of carbonyl (C=O) groups excluding carboxylic acids is 3. The summed E-state index contributed by atoms with van der Waals surface area (Å²) in [6, 6.07) is 11.5. The Bertz CT molecular complexity index is 1290. The molecule has 0 unspecified atom stereocenters. The minimum Gasteiger partial charge on any atom is -0.390 e. The third-order valence-electron chi connectivity index (χ3n) is 6.71. The Morgan fingerprint density at radius 3 is 2.51 bits per heavy atom. The van der Waals surface area contributed by atoms with Crippen LogP contribution in [0.2, 0.25) is 0 Å². The van der Waals surface area contributed by atoms with E-state index in [-0.39, 0.29) is 6.42 Å². The molecule has 4 amide bonds. The van der Waals surface area contributed by atoms with Gasteiger partial charge in [0.05, 0.1) is 12.1 Å². The molecule has 1 aliphatic carbocycles. The van der Waals surface area contributed by atoms with Crippen LogP contribution in [0.4, 0.5) is 10.5 Å². The molecule has 1 fully saturated rings. The second-order valence-corrected chi connectivity index (χ2v) is 9.56. The van der Waals surface area contributed by atoms with Crippen LogP contribution in [0.3, 0.4) is 0 Å². The van der Waals surface area contributed by atoms with Crippen LogP contribution in [0, 0.1) is 6.92 Å². The molecule has 0 bridgehead atoms. The highest BCUT2D eigenvalue weighted by atomic mass is 16.3. The molecule has 196 valence electrons. The number of H-pyrrole nitrogens is 1. The number of anilines is 1. The van der Waals surface area contributed by atoms with E-state index in [0.717, 1.165) is 22.0 Å². The first-order valence-corrected chi connectivity index (χ1v) is 11.9. The zero-order valence-corrected chi connectivity index (χ0v) is 20.3. The van der Waals surface area contributed by atoms with E-state index in [1.165, 1.54) is 0 Å². The van der Waals surface area contributed by atoms with E-state index in [2.05, 4.69) is 20.9 Å². The largest absolute Gasteiger partial charge is 0.390 e. The predicted molar refractivity (Wildman–Crippen MR) is 136 cm³/mol. The lowest BCUT2D eigenvalue weighted by atomic mass is 9.77. The van der Waals surface area contributed by atoms with Gasteiger partial charge in [-0.25, -0.2) is 4.79 Å². The summed E-state index contributed by atoms with van der Waals surface area (Å²) in [6.07, 6.45) is -2.01. The minimum atomic E-state index is -2.17. The molecule has 0 radical (unpaired) electrons. The maximum absolute atomic E-state index is 13.1. The number of carbonyl (C=O) groups is 3. The number of nitrogens with two attached hydrogens (primary N) is 1. The number of aliphatic hydroxyl groups excluding tert-OH is 2. The van der Waals surface area contributed by atoms with Gasteiger partial charge < -0.3 is 42.0 Å². The number of benzene rings is 2. The summed E-state index contributed by atoms with van der Waals surface area (Å²) in [4.78, 5) is 40.9. The van der Waals surface area contributed by atoms with Crippen LogP contribution >= 0.6 is 0 Å². The van der Waals surface area contributed by atoms with Gasteiger partial charge in [-0.05, 0) is 30.7 Å². The molecule has 9 N–H and O–H groups in total. The normalized spacial score (nSPS) is 24.3. The number of rotatable bonds is 7. The van der Waals surface area contributed by atoms with Gasteiger partial charge in [-0.15, -0.1) is 0 Å². The van der Waals surface area contributed by atoms with Gasteiger partial charge in [0, 0.05) is 42.0 Å². The average molecular weight is 510 g/mol. The van der Waals surface area contributed by atoms with Crippen molar-refractivity contribution in [1.29, 1.82) is 0 Å². The fraction of sp³-hybridized carbons (Fsp3) is 0.346. The zero-order valence-electron chi connectivity index (χ0n) is 20.3. The first kappa shape index (κ1) is 26.1. The van der Waals surface area contributed by atoms with Crippen molar-refractivity contribution < 1.29 is 29.7 Å². The number of para-hydroxylation sites is 1. The van der Waals surface area contributed by atoms with Gasteiger partial charge in [0.2, 0.25) is 5.91 Å². The van der Waals surface area contributed by atoms with Gasteiger partial charge in [0.1, 0.15) is 17.7 Å². The number of aryl methyl sites for hydroxylation is 1. The number of primary amides is 1. The van der Waals surface area contributed by atoms with Crippen molar-refractivity contribution in [1.82, 2.24) is 15.6 Å². The Labute approximate surface area is 213 Å². The molecule has 1 saturated carbocycles. The summed E-state index contributed by atoms with van der Waals surface area (Å²) in [7, 11) is 0. The number of aliphatic hydroxyl groups is 3. The molecule has 0 aliphatic heterocycles. The molecular weight excluding hydrogens is 478 g/mol. The van der Waals surface area contributed by atoms with E-state index in [1.807, 2.05) is 43.3 Å². The first-order chi connectivity index (χ1) is 17.6. The number of amides is 4. The van der Waals surface area contributed by atoms with Gasteiger partial charge in [-0.3, -0.25) is 9.59 Å². The third-order valence-corrected chi connectivity index (χ3v) is 6.71. The number of aromatic amines is 1. The SMILES string of the molecule is Cc1ccc(NC(=O)N[C@H]2C[C@@](O)(C(=O)N[C@H](Cc3c[nH]c4ccccc34)C(N)=O)C[C@@H](O)[C@@H]2O)cc1.